The zero-order valence-electron chi connectivity index (χ0n) is 11.5. The number of rotatable bonds is 4. The van der Waals surface area contributed by atoms with Crippen molar-refractivity contribution in [1.29, 1.82) is 0 Å². The minimum absolute atomic E-state index is 0.202. The van der Waals surface area contributed by atoms with Gasteiger partial charge in [-0.2, -0.15) is 0 Å². The van der Waals surface area contributed by atoms with Crippen molar-refractivity contribution in [1.82, 2.24) is 4.57 Å². The van der Waals surface area contributed by atoms with E-state index in [1.165, 1.54) is 17.8 Å². The summed E-state index contributed by atoms with van der Waals surface area (Å²) >= 11 is 0. The summed E-state index contributed by atoms with van der Waals surface area (Å²) in [6.45, 7) is 4.81. The van der Waals surface area contributed by atoms with E-state index < -0.39 is 11.4 Å². The van der Waals surface area contributed by atoms with E-state index >= 15 is 0 Å². The van der Waals surface area contributed by atoms with E-state index in [0.717, 1.165) is 5.56 Å². The quantitative estimate of drug-likeness (QED) is 0.930. The highest BCUT2D eigenvalue weighted by molar-refractivity contribution is 5.86. The normalized spacial score (nSPS) is 10.8. The molecular weight excluding hydrogens is 254 g/mol. The summed E-state index contributed by atoms with van der Waals surface area (Å²) in [5.74, 6) is -0.713. The standard InChI is InChI=1S/C16H17NO3/c1-11(2)13-5-3-12(4-6-13)9-17-8-7-15(18)14(10-17)16(19)20/h3-8,10-11H,9H2,1-2H3,(H,19,20). The smallest absolute Gasteiger partial charge is 0.341 e. The topological polar surface area (TPSA) is 59.3 Å². The third kappa shape index (κ3) is 3.15. The van der Waals surface area contributed by atoms with Crippen LogP contribution in [0.3, 0.4) is 0 Å². The molecule has 0 aliphatic heterocycles. The fourth-order valence-electron chi connectivity index (χ4n) is 2.00. The van der Waals surface area contributed by atoms with Crippen molar-refractivity contribution in [2.45, 2.75) is 26.3 Å². The maximum Gasteiger partial charge on any atom is 0.341 e. The average molecular weight is 271 g/mol. The Morgan fingerprint density at radius 2 is 1.85 bits per heavy atom. The molecule has 0 amide bonds. The summed E-state index contributed by atoms with van der Waals surface area (Å²) in [5, 5.41) is 8.94. The molecule has 0 saturated carbocycles. The molecule has 0 bridgehead atoms. The van der Waals surface area contributed by atoms with Crippen molar-refractivity contribution < 1.29 is 9.90 Å². The summed E-state index contributed by atoms with van der Waals surface area (Å²) < 4.78 is 1.70. The van der Waals surface area contributed by atoms with E-state index in [0.29, 0.717) is 12.5 Å². The van der Waals surface area contributed by atoms with Crippen molar-refractivity contribution in [3.63, 3.8) is 0 Å². The second-order valence-electron chi connectivity index (χ2n) is 5.10. The predicted octanol–water partition coefficient (Wildman–Crippen LogP) is 2.72. The number of hydrogen-bond donors (Lipinski definition) is 1. The monoisotopic (exact) mass is 271 g/mol. The second-order valence-corrected chi connectivity index (χ2v) is 5.10. The number of carbonyl (C=O) groups is 1. The van der Waals surface area contributed by atoms with Crippen LogP contribution in [0.2, 0.25) is 0 Å². The Morgan fingerprint density at radius 1 is 1.20 bits per heavy atom. The third-order valence-corrected chi connectivity index (χ3v) is 3.22. The van der Waals surface area contributed by atoms with Crippen LogP contribution >= 0.6 is 0 Å². The molecule has 0 aliphatic rings. The van der Waals surface area contributed by atoms with Crippen LogP contribution in [-0.4, -0.2) is 15.6 Å². The molecule has 2 aromatic rings. The number of carboxylic acids is 1. The Labute approximate surface area is 117 Å². The molecule has 1 aromatic carbocycles. The Hall–Kier alpha value is -2.36. The lowest BCUT2D eigenvalue weighted by Crippen LogP contribution is -2.16. The predicted molar refractivity (Wildman–Crippen MR) is 77.3 cm³/mol. The second kappa shape index (κ2) is 5.74. The van der Waals surface area contributed by atoms with Crippen molar-refractivity contribution in [2.24, 2.45) is 0 Å². The zero-order valence-corrected chi connectivity index (χ0v) is 11.5. The fraction of sp³-hybridized carbons (Fsp3) is 0.250. The lowest BCUT2D eigenvalue weighted by atomic mass is 10.0. The molecule has 20 heavy (non-hydrogen) atoms. The molecule has 104 valence electrons. The van der Waals surface area contributed by atoms with E-state index in [1.807, 2.05) is 12.1 Å². The molecular formula is C16H17NO3. The molecule has 0 aliphatic carbocycles. The number of pyridine rings is 1. The third-order valence-electron chi connectivity index (χ3n) is 3.22. The molecule has 0 saturated heterocycles. The van der Waals surface area contributed by atoms with Crippen LogP contribution in [0.25, 0.3) is 0 Å². The van der Waals surface area contributed by atoms with Gasteiger partial charge in [0.05, 0.1) is 0 Å². The Bertz CT molecular complexity index is 669. The average Bonchev–Trinajstić information content (AvgIpc) is 2.41. The first kappa shape index (κ1) is 14.1. The van der Waals surface area contributed by atoms with Gasteiger partial charge in [0.15, 0.2) is 5.43 Å². The summed E-state index contributed by atoms with van der Waals surface area (Å²) in [5.41, 5.74) is 1.66. The number of carboxylic acid groups (broad SMARTS) is 1. The molecule has 0 fully saturated rings. The molecule has 0 radical (unpaired) electrons. The summed E-state index contributed by atoms with van der Waals surface area (Å²) in [6.07, 6.45) is 2.98. The molecule has 4 heteroatoms. The minimum Gasteiger partial charge on any atom is -0.477 e. The molecule has 2 rings (SSSR count). The number of aromatic carboxylic acids is 1. The van der Waals surface area contributed by atoms with Gasteiger partial charge in [0.25, 0.3) is 0 Å². The number of benzene rings is 1. The van der Waals surface area contributed by atoms with E-state index in [2.05, 4.69) is 26.0 Å². The molecule has 1 heterocycles. The molecule has 0 spiro atoms. The zero-order chi connectivity index (χ0) is 14.7. The summed E-state index contributed by atoms with van der Waals surface area (Å²) in [6, 6.07) is 9.47. The van der Waals surface area contributed by atoms with Gasteiger partial charge < -0.3 is 9.67 Å². The lowest BCUT2D eigenvalue weighted by Gasteiger charge is -2.09. The lowest BCUT2D eigenvalue weighted by molar-refractivity contribution is 0.0694. The van der Waals surface area contributed by atoms with E-state index in [-0.39, 0.29) is 5.56 Å². The first-order valence-corrected chi connectivity index (χ1v) is 6.49. The van der Waals surface area contributed by atoms with Crippen LogP contribution in [0.4, 0.5) is 0 Å². The highest BCUT2D eigenvalue weighted by atomic mass is 16.4. The van der Waals surface area contributed by atoms with Gasteiger partial charge in [0.2, 0.25) is 0 Å². The van der Waals surface area contributed by atoms with Crippen LogP contribution in [0, 0.1) is 0 Å². The summed E-state index contributed by atoms with van der Waals surface area (Å²) in [4.78, 5) is 22.3. The van der Waals surface area contributed by atoms with Crippen LogP contribution < -0.4 is 5.43 Å². The molecule has 1 aromatic heterocycles. The number of aromatic nitrogens is 1. The maximum atomic E-state index is 11.4. The van der Waals surface area contributed by atoms with Crippen LogP contribution in [0.15, 0.2) is 47.5 Å². The molecule has 1 N–H and O–H groups in total. The minimum atomic E-state index is -1.19. The van der Waals surface area contributed by atoms with Gasteiger partial charge in [-0.1, -0.05) is 38.1 Å². The van der Waals surface area contributed by atoms with Crippen LogP contribution in [-0.2, 0) is 6.54 Å². The maximum absolute atomic E-state index is 11.4. The highest BCUT2D eigenvalue weighted by Gasteiger charge is 2.08. The Morgan fingerprint density at radius 3 is 2.40 bits per heavy atom. The number of hydrogen-bond acceptors (Lipinski definition) is 2. The first-order chi connectivity index (χ1) is 9.47. The fourth-order valence-corrected chi connectivity index (χ4v) is 2.00. The van der Waals surface area contributed by atoms with Gasteiger partial charge in [-0.05, 0) is 17.0 Å². The van der Waals surface area contributed by atoms with E-state index in [1.54, 1.807) is 10.8 Å². The van der Waals surface area contributed by atoms with Gasteiger partial charge in [-0.15, -0.1) is 0 Å². The van der Waals surface area contributed by atoms with Gasteiger partial charge in [0, 0.05) is 25.0 Å². The Balaban J connectivity index is 2.24. The highest BCUT2D eigenvalue weighted by Crippen LogP contribution is 2.15. The molecule has 0 unspecified atom stereocenters. The SMILES string of the molecule is CC(C)c1ccc(Cn2ccc(=O)c(C(=O)O)c2)cc1. The van der Waals surface area contributed by atoms with E-state index in [9.17, 15) is 9.59 Å². The van der Waals surface area contributed by atoms with Crippen molar-refractivity contribution in [3.05, 3.63) is 69.6 Å². The van der Waals surface area contributed by atoms with Gasteiger partial charge in [0.1, 0.15) is 5.56 Å². The summed E-state index contributed by atoms with van der Waals surface area (Å²) in [7, 11) is 0. The first-order valence-electron chi connectivity index (χ1n) is 6.49. The van der Waals surface area contributed by atoms with Crippen molar-refractivity contribution in [2.75, 3.05) is 0 Å². The number of nitrogens with zero attached hydrogens (tertiary/aromatic N) is 1. The Kier molecular flexibility index (Phi) is 4.03. The van der Waals surface area contributed by atoms with Crippen molar-refractivity contribution >= 4 is 5.97 Å². The molecule has 4 nitrogen and oxygen atoms in total. The van der Waals surface area contributed by atoms with Gasteiger partial charge >= 0.3 is 5.97 Å². The van der Waals surface area contributed by atoms with Crippen LogP contribution in [0.5, 0.6) is 0 Å². The van der Waals surface area contributed by atoms with Gasteiger partial charge in [-0.3, -0.25) is 4.79 Å². The van der Waals surface area contributed by atoms with Crippen molar-refractivity contribution in [3.8, 4) is 0 Å². The van der Waals surface area contributed by atoms with Gasteiger partial charge in [-0.25, -0.2) is 4.79 Å². The molecule has 0 atom stereocenters. The largest absolute Gasteiger partial charge is 0.477 e. The van der Waals surface area contributed by atoms with Crippen LogP contribution in [0.1, 0.15) is 41.3 Å². The van der Waals surface area contributed by atoms with E-state index in [4.69, 9.17) is 5.11 Å².